The SMILES string of the molecule is COC(=O)N1C(=O)[C@H]2[C@H](CC=C3[C@H]2C[C@H]2C(=O)C(C)=C(C)C(=O)[C@@]2(C)[C@H]3c2cc(Cl)c(O)c(OC)c2)C1=O. The summed E-state index contributed by atoms with van der Waals surface area (Å²) in [6.45, 7) is 5.03. The molecule has 1 saturated heterocycles. The number of allylic oxidation sites excluding steroid dienone is 4. The van der Waals surface area contributed by atoms with Gasteiger partial charge >= 0.3 is 6.09 Å². The number of hydrogen-bond donors (Lipinski definition) is 1. The van der Waals surface area contributed by atoms with Crippen molar-refractivity contribution in [2.24, 2.45) is 29.1 Å². The van der Waals surface area contributed by atoms with Gasteiger partial charge in [0.15, 0.2) is 23.1 Å². The fraction of sp³-hybridized carbons (Fsp3) is 0.464. The number of imide groups is 3. The van der Waals surface area contributed by atoms with Crippen molar-refractivity contribution < 1.29 is 38.6 Å². The number of benzene rings is 1. The number of halogens is 1. The average molecular weight is 542 g/mol. The first-order chi connectivity index (χ1) is 17.9. The molecule has 2 fully saturated rings. The zero-order valence-corrected chi connectivity index (χ0v) is 22.4. The highest BCUT2D eigenvalue weighted by molar-refractivity contribution is 6.32. The van der Waals surface area contributed by atoms with E-state index in [4.69, 9.17) is 16.3 Å². The minimum atomic E-state index is -1.21. The van der Waals surface area contributed by atoms with Crippen molar-refractivity contribution in [2.75, 3.05) is 14.2 Å². The molecule has 10 heteroatoms. The number of carbonyl (C=O) groups excluding carboxylic acids is 5. The first-order valence-electron chi connectivity index (χ1n) is 12.4. The van der Waals surface area contributed by atoms with E-state index in [1.54, 1.807) is 32.9 Å². The normalized spacial score (nSPS) is 32.5. The van der Waals surface area contributed by atoms with Gasteiger partial charge in [0, 0.05) is 11.8 Å². The molecule has 1 aliphatic heterocycles. The van der Waals surface area contributed by atoms with Crippen LogP contribution in [0.2, 0.25) is 5.02 Å². The summed E-state index contributed by atoms with van der Waals surface area (Å²) in [5.74, 6) is -5.52. The molecule has 200 valence electrons. The highest BCUT2D eigenvalue weighted by Crippen LogP contribution is 2.63. The molecule has 0 unspecified atom stereocenters. The Labute approximate surface area is 224 Å². The maximum Gasteiger partial charge on any atom is 0.423 e. The zero-order chi connectivity index (χ0) is 27.8. The number of likely N-dealkylation sites (tertiary alicyclic amines) is 1. The Morgan fingerprint density at radius 1 is 1.08 bits per heavy atom. The molecule has 3 aliphatic carbocycles. The summed E-state index contributed by atoms with van der Waals surface area (Å²) < 4.78 is 10.0. The second kappa shape index (κ2) is 8.80. The van der Waals surface area contributed by atoms with E-state index >= 15 is 0 Å². The molecule has 4 aliphatic rings. The number of hydrogen-bond acceptors (Lipinski definition) is 8. The van der Waals surface area contributed by atoms with Gasteiger partial charge < -0.3 is 14.6 Å². The molecule has 1 aromatic carbocycles. The molecule has 3 amide bonds. The Balaban J connectivity index is 1.74. The molecule has 5 rings (SSSR count). The van der Waals surface area contributed by atoms with Crippen molar-refractivity contribution in [3.05, 3.63) is 45.5 Å². The van der Waals surface area contributed by atoms with Gasteiger partial charge in [0.2, 0.25) is 11.8 Å². The van der Waals surface area contributed by atoms with E-state index in [1.165, 1.54) is 7.11 Å². The Hall–Kier alpha value is -3.46. The number of ketones is 2. The lowest BCUT2D eigenvalue weighted by Crippen LogP contribution is -2.55. The third-order valence-electron chi connectivity index (χ3n) is 9.13. The van der Waals surface area contributed by atoms with Crippen LogP contribution in [0.15, 0.2) is 34.9 Å². The van der Waals surface area contributed by atoms with Crippen molar-refractivity contribution in [1.82, 2.24) is 4.90 Å². The summed E-state index contributed by atoms with van der Waals surface area (Å²) in [6.07, 6.45) is 1.17. The van der Waals surface area contributed by atoms with Crippen LogP contribution in [0.4, 0.5) is 4.79 Å². The van der Waals surface area contributed by atoms with E-state index in [9.17, 15) is 29.1 Å². The minimum absolute atomic E-state index is 0.0120. The Kier molecular flexibility index (Phi) is 6.06. The molecule has 0 spiro atoms. The van der Waals surface area contributed by atoms with Crippen LogP contribution >= 0.6 is 11.6 Å². The number of phenolic OH excluding ortho intramolecular Hbond substituents is 1. The van der Waals surface area contributed by atoms with E-state index in [2.05, 4.69) is 4.74 Å². The molecule has 38 heavy (non-hydrogen) atoms. The quantitative estimate of drug-likeness (QED) is 0.440. The maximum absolute atomic E-state index is 14.0. The molecule has 9 nitrogen and oxygen atoms in total. The third kappa shape index (κ3) is 3.27. The van der Waals surface area contributed by atoms with E-state index in [0.717, 1.165) is 12.7 Å². The molecule has 1 N–H and O–H groups in total. The summed E-state index contributed by atoms with van der Waals surface area (Å²) in [4.78, 5) is 67.1. The summed E-state index contributed by atoms with van der Waals surface area (Å²) in [6, 6.07) is 3.13. The fourth-order valence-electron chi connectivity index (χ4n) is 7.15. The van der Waals surface area contributed by atoms with Gasteiger partial charge in [-0.3, -0.25) is 19.2 Å². The molecule has 0 radical (unpaired) electrons. The highest BCUT2D eigenvalue weighted by Gasteiger charge is 2.64. The number of carbonyl (C=O) groups is 5. The van der Waals surface area contributed by atoms with E-state index in [-0.39, 0.29) is 40.9 Å². The number of methoxy groups -OCH3 is 2. The van der Waals surface area contributed by atoms with Gasteiger partial charge in [-0.25, -0.2) is 4.79 Å². The van der Waals surface area contributed by atoms with Crippen LogP contribution in [0.5, 0.6) is 11.5 Å². The number of rotatable bonds is 2. The van der Waals surface area contributed by atoms with Crippen LogP contribution in [0.1, 0.15) is 45.1 Å². The number of nitrogens with zero attached hydrogens (tertiary/aromatic N) is 1. The van der Waals surface area contributed by atoms with E-state index < -0.39 is 52.9 Å². The molecule has 1 saturated carbocycles. The number of amides is 3. The van der Waals surface area contributed by atoms with Gasteiger partial charge in [0.25, 0.3) is 0 Å². The lowest BCUT2D eigenvalue weighted by atomic mass is 9.46. The van der Waals surface area contributed by atoms with Crippen molar-refractivity contribution in [3.63, 3.8) is 0 Å². The average Bonchev–Trinajstić information content (AvgIpc) is 3.16. The second-order valence-electron chi connectivity index (χ2n) is 10.7. The fourth-order valence-corrected chi connectivity index (χ4v) is 7.37. The lowest BCUT2D eigenvalue weighted by molar-refractivity contribution is -0.142. The Morgan fingerprint density at radius 3 is 2.39 bits per heavy atom. The monoisotopic (exact) mass is 541 g/mol. The topological polar surface area (TPSA) is 127 Å². The molecular formula is C28H28ClNO8. The van der Waals surface area contributed by atoms with Crippen LogP contribution in [0, 0.1) is 29.1 Å². The summed E-state index contributed by atoms with van der Waals surface area (Å²) in [5, 5.41) is 10.4. The predicted octanol–water partition coefficient (Wildman–Crippen LogP) is 3.97. The van der Waals surface area contributed by atoms with E-state index in [1.807, 2.05) is 6.08 Å². The van der Waals surface area contributed by atoms with Crippen LogP contribution in [0.3, 0.4) is 0 Å². The van der Waals surface area contributed by atoms with Gasteiger partial charge in [-0.1, -0.05) is 30.2 Å². The van der Waals surface area contributed by atoms with Crippen molar-refractivity contribution in [1.29, 1.82) is 0 Å². The standard InChI is InChI=1S/C28H28ClNO8/c1-11-12(2)24(33)28(3)17(22(11)31)10-16-14(21(28)13-8-18(29)23(32)19(9-13)37-4)6-7-15-20(16)26(35)30(25(15)34)27(36)38-5/h6,8-9,15-17,20-21,32H,7,10H2,1-5H3/t15-,16+,17-,20-,21-,28+/m0/s1. The molecular weight excluding hydrogens is 514 g/mol. The predicted molar refractivity (Wildman–Crippen MR) is 134 cm³/mol. The molecule has 1 heterocycles. The molecule has 6 atom stereocenters. The van der Waals surface area contributed by atoms with Crippen molar-refractivity contribution in [3.8, 4) is 11.5 Å². The van der Waals surface area contributed by atoms with Gasteiger partial charge in [-0.15, -0.1) is 0 Å². The Bertz CT molecular complexity index is 1390. The van der Waals surface area contributed by atoms with Gasteiger partial charge in [-0.2, -0.15) is 4.90 Å². The Morgan fingerprint density at radius 2 is 1.76 bits per heavy atom. The molecule has 0 bridgehead atoms. The number of Topliss-reactive ketones (excluding diaryl/α,β-unsaturated/α-hetero) is 2. The van der Waals surface area contributed by atoms with Gasteiger partial charge in [0.1, 0.15) is 0 Å². The number of fused-ring (bicyclic) bond motifs is 4. The van der Waals surface area contributed by atoms with Crippen molar-refractivity contribution >= 4 is 41.1 Å². The van der Waals surface area contributed by atoms with Gasteiger partial charge in [-0.05, 0) is 61.4 Å². The number of ether oxygens (including phenoxy) is 2. The van der Waals surface area contributed by atoms with Crippen LogP contribution in [-0.2, 0) is 23.9 Å². The highest BCUT2D eigenvalue weighted by atomic mass is 35.5. The smallest absolute Gasteiger partial charge is 0.423 e. The lowest BCUT2D eigenvalue weighted by Gasteiger charge is -2.54. The largest absolute Gasteiger partial charge is 0.503 e. The second-order valence-corrected chi connectivity index (χ2v) is 11.1. The summed E-state index contributed by atoms with van der Waals surface area (Å²) in [7, 11) is 2.48. The molecule has 1 aromatic rings. The number of aromatic hydroxyl groups is 1. The first-order valence-corrected chi connectivity index (χ1v) is 12.8. The summed E-state index contributed by atoms with van der Waals surface area (Å²) >= 11 is 6.36. The number of phenols is 1. The minimum Gasteiger partial charge on any atom is -0.503 e. The maximum atomic E-state index is 14.0. The third-order valence-corrected chi connectivity index (χ3v) is 9.42. The van der Waals surface area contributed by atoms with E-state index in [0.29, 0.717) is 21.6 Å². The van der Waals surface area contributed by atoms with Crippen molar-refractivity contribution in [2.45, 2.75) is 39.5 Å². The molecule has 0 aromatic heterocycles. The van der Waals surface area contributed by atoms with Crippen LogP contribution in [0.25, 0.3) is 0 Å². The zero-order valence-electron chi connectivity index (χ0n) is 21.7. The van der Waals surface area contributed by atoms with Gasteiger partial charge in [0.05, 0.1) is 36.5 Å². The van der Waals surface area contributed by atoms with Crippen LogP contribution in [-0.4, -0.2) is 53.7 Å². The summed E-state index contributed by atoms with van der Waals surface area (Å²) in [5.41, 5.74) is 0.820. The first kappa shape index (κ1) is 26.2. The van der Waals surface area contributed by atoms with Crippen LogP contribution < -0.4 is 4.74 Å².